The minimum Gasteiger partial charge on any atom is -0.454 e. The van der Waals surface area contributed by atoms with E-state index in [1.807, 2.05) is 23.1 Å². The van der Waals surface area contributed by atoms with Crippen LogP contribution in [-0.2, 0) is 22.6 Å². The van der Waals surface area contributed by atoms with Crippen molar-refractivity contribution in [1.82, 2.24) is 14.5 Å². The molecule has 1 aromatic carbocycles. The third-order valence-electron chi connectivity index (χ3n) is 5.28. The van der Waals surface area contributed by atoms with Gasteiger partial charge in [-0.2, -0.15) is 0 Å². The summed E-state index contributed by atoms with van der Waals surface area (Å²) in [6.07, 6.45) is 6.42. The minimum atomic E-state index is -0.397. The molecule has 2 aliphatic heterocycles. The van der Waals surface area contributed by atoms with Crippen LogP contribution in [0.1, 0.15) is 36.6 Å². The quantitative estimate of drug-likeness (QED) is 0.812. The number of primary amides is 1. The largest absolute Gasteiger partial charge is 0.454 e. The van der Waals surface area contributed by atoms with E-state index >= 15 is 0 Å². The van der Waals surface area contributed by atoms with Crippen molar-refractivity contribution in [3.05, 3.63) is 42.0 Å². The molecule has 0 bridgehead atoms. The van der Waals surface area contributed by atoms with Crippen LogP contribution in [0.5, 0.6) is 11.5 Å². The maximum absolute atomic E-state index is 12.8. The molecule has 2 aliphatic rings. The van der Waals surface area contributed by atoms with E-state index in [-0.39, 0.29) is 25.2 Å². The number of aromatic nitrogens is 2. The van der Waals surface area contributed by atoms with Crippen molar-refractivity contribution in [3.63, 3.8) is 0 Å². The van der Waals surface area contributed by atoms with E-state index in [1.54, 1.807) is 17.0 Å². The number of piperidine rings is 1. The van der Waals surface area contributed by atoms with Crippen LogP contribution in [0, 0.1) is 0 Å². The van der Waals surface area contributed by atoms with Crippen LogP contribution in [0.4, 0.5) is 0 Å². The molecular weight excluding hydrogens is 360 g/mol. The van der Waals surface area contributed by atoms with Gasteiger partial charge in [0.05, 0.1) is 0 Å². The second-order valence-corrected chi connectivity index (χ2v) is 7.25. The Morgan fingerprint density at radius 2 is 2.11 bits per heavy atom. The number of ether oxygens (including phenoxy) is 2. The maximum atomic E-state index is 12.8. The lowest BCUT2D eigenvalue weighted by molar-refractivity contribution is -0.132. The first kappa shape index (κ1) is 18.3. The molecule has 0 aliphatic carbocycles. The molecule has 2 aromatic rings. The summed E-state index contributed by atoms with van der Waals surface area (Å²) in [6, 6.07) is 5.80. The molecule has 2 amide bonds. The Balaban J connectivity index is 1.36. The molecule has 1 saturated heterocycles. The predicted molar refractivity (Wildman–Crippen MR) is 101 cm³/mol. The molecule has 0 radical (unpaired) electrons. The fourth-order valence-corrected chi connectivity index (χ4v) is 3.90. The molecule has 0 saturated carbocycles. The number of hydrogen-bond acceptors (Lipinski definition) is 5. The summed E-state index contributed by atoms with van der Waals surface area (Å²) in [5, 5.41) is 0. The fraction of sp³-hybridized carbons (Fsp3) is 0.450. The first-order valence-corrected chi connectivity index (χ1v) is 9.56. The van der Waals surface area contributed by atoms with Crippen molar-refractivity contribution in [2.24, 2.45) is 5.73 Å². The second kappa shape index (κ2) is 7.92. The lowest BCUT2D eigenvalue weighted by atomic mass is 9.96. The van der Waals surface area contributed by atoms with Crippen molar-refractivity contribution in [3.8, 4) is 11.5 Å². The monoisotopic (exact) mass is 384 g/mol. The van der Waals surface area contributed by atoms with Crippen molar-refractivity contribution in [1.29, 1.82) is 0 Å². The topological polar surface area (TPSA) is 99.7 Å². The highest BCUT2D eigenvalue weighted by atomic mass is 16.7. The Kier molecular flexibility index (Phi) is 5.18. The summed E-state index contributed by atoms with van der Waals surface area (Å²) < 4.78 is 12.5. The molecule has 1 aromatic heterocycles. The molecule has 2 N–H and O–H groups in total. The van der Waals surface area contributed by atoms with Crippen molar-refractivity contribution >= 4 is 11.8 Å². The van der Waals surface area contributed by atoms with E-state index in [2.05, 4.69) is 4.98 Å². The van der Waals surface area contributed by atoms with E-state index < -0.39 is 5.91 Å². The molecule has 8 heteroatoms. The van der Waals surface area contributed by atoms with Crippen LogP contribution in [0.2, 0.25) is 0 Å². The number of nitrogens with zero attached hydrogens (tertiary/aromatic N) is 3. The Hall–Kier alpha value is -3.03. The van der Waals surface area contributed by atoms with Gasteiger partial charge in [-0.25, -0.2) is 4.98 Å². The summed E-state index contributed by atoms with van der Waals surface area (Å²) in [5.41, 5.74) is 6.38. The smallest absolute Gasteiger partial charge is 0.237 e. The molecule has 4 rings (SSSR count). The third kappa shape index (κ3) is 3.95. The van der Waals surface area contributed by atoms with Gasteiger partial charge in [0.1, 0.15) is 12.4 Å². The molecule has 1 fully saturated rings. The normalized spacial score (nSPS) is 18.3. The summed E-state index contributed by atoms with van der Waals surface area (Å²) >= 11 is 0. The molecule has 1 atom stereocenters. The minimum absolute atomic E-state index is 0.115. The zero-order valence-corrected chi connectivity index (χ0v) is 15.7. The number of hydrogen-bond donors (Lipinski definition) is 1. The van der Waals surface area contributed by atoms with Gasteiger partial charge in [-0.3, -0.25) is 9.59 Å². The van der Waals surface area contributed by atoms with Gasteiger partial charge in [0.15, 0.2) is 11.5 Å². The highest BCUT2D eigenvalue weighted by Crippen LogP contribution is 2.33. The third-order valence-corrected chi connectivity index (χ3v) is 5.28. The molecule has 8 nitrogen and oxygen atoms in total. The van der Waals surface area contributed by atoms with Crippen LogP contribution < -0.4 is 15.2 Å². The molecule has 3 heterocycles. The van der Waals surface area contributed by atoms with Gasteiger partial charge in [0, 0.05) is 37.8 Å². The number of carbonyl (C=O) groups is 2. The summed E-state index contributed by atoms with van der Waals surface area (Å²) in [5.74, 6) is 2.18. The first-order chi connectivity index (χ1) is 13.6. The number of fused-ring (bicyclic) bond motifs is 1. The number of carbonyl (C=O) groups excluding carboxylic acids is 2. The molecule has 148 valence electrons. The van der Waals surface area contributed by atoms with Gasteiger partial charge in [-0.05, 0) is 37.0 Å². The average molecular weight is 384 g/mol. The van der Waals surface area contributed by atoms with Gasteiger partial charge in [-0.15, -0.1) is 0 Å². The zero-order valence-electron chi connectivity index (χ0n) is 15.7. The van der Waals surface area contributed by atoms with Crippen molar-refractivity contribution in [2.45, 2.75) is 38.1 Å². The zero-order chi connectivity index (χ0) is 19.5. The highest BCUT2D eigenvalue weighted by Gasteiger charge is 2.27. The number of nitrogens with two attached hydrogens (primary N) is 1. The van der Waals surface area contributed by atoms with Crippen molar-refractivity contribution < 1.29 is 19.1 Å². The number of benzene rings is 1. The fourth-order valence-electron chi connectivity index (χ4n) is 3.90. The number of amides is 2. The standard InChI is InChI=1S/C20H24N4O4/c21-18(25)12-24-9-7-22-20(24)15-2-1-8-23(11-15)19(26)6-4-14-3-5-16-17(10-14)28-13-27-16/h3,5,7,9-10,15H,1-2,4,6,8,11-13H2,(H2,21,25). The molecule has 0 spiro atoms. The van der Waals surface area contributed by atoms with Gasteiger partial charge in [0.25, 0.3) is 0 Å². The van der Waals surface area contributed by atoms with E-state index in [0.717, 1.165) is 42.3 Å². The van der Waals surface area contributed by atoms with E-state index in [0.29, 0.717) is 19.4 Å². The second-order valence-electron chi connectivity index (χ2n) is 7.25. The van der Waals surface area contributed by atoms with Crippen LogP contribution >= 0.6 is 0 Å². The average Bonchev–Trinajstić information content (AvgIpc) is 3.34. The Morgan fingerprint density at radius 3 is 2.96 bits per heavy atom. The van der Waals surface area contributed by atoms with Gasteiger partial charge >= 0.3 is 0 Å². The van der Waals surface area contributed by atoms with Crippen LogP contribution in [-0.4, -0.2) is 46.1 Å². The van der Waals surface area contributed by atoms with Crippen LogP contribution in [0.3, 0.4) is 0 Å². The number of imidazole rings is 1. The van der Waals surface area contributed by atoms with Gasteiger partial charge < -0.3 is 24.7 Å². The van der Waals surface area contributed by atoms with E-state index in [9.17, 15) is 9.59 Å². The SMILES string of the molecule is NC(=O)Cn1ccnc1C1CCCN(C(=O)CCc2ccc3c(c2)OCO3)C1. The number of aryl methyl sites for hydroxylation is 1. The van der Waals surface area contributed by atoms with E-state index in [1.165, 1.54) is 0 Å². The lowest BCUT2D eigenvalue weighted by Gasteiger charge is -2.32. The predicted octanol–water partition coefficient (Wildman–Crippen LogP) is 1.44. The van der Waals surface area contributed by atoms with Gasteiger partial charge in [0.2, 0.25) is 18.6 Å². The number of likely N-dealkylation sites (tertiary alicyclic amines) is 1. The maximum Gasteiger partial charge on any atom is 0.237 e. The Bertz CT molecular complexity index is 879. The Morgan fingerprint density at radius 1 is 1.25 bits per heavy atom. The first-order valence-electron chi connectivity index (χ1n) is 9.56. The Labute approximate surface area is 163 Å². The van der Waals surface area contributed by atoms with Crippen LogP contribution in [0.25, 0.3) is 0 Å². The van der Waals surface area contributed by atoms with Crippen LogP contribution in [0.15, 0.2) is 30.6 Å². The molecular formula is C20H24N4O4. The summed E-state index contributed by atoms with van der Waals surface area (Å²) in [7, 11) is 0. The summed E-state index contributed by atoms with van der Waals surface area (Å²) in [6.45, 7) is 1.74. The lowest BCUT2D eigenvalue weighted by Crippen LogP contribution is -2.40. The summed E-state index contributed by atoms with van der Waals surface area (Å²) in [4.78, 5) is 30.3. The van der Waals surface area contributed by atoms with Gasteiger partial charge in [-0.1, -0.05) is 6.07 Å². The highest BCUT2D eigenvalue weighted by molar-refractivity contribution is 5.76. The van der Waals surface area contributed by atoms with E-state index in [4.69, 9.17) is 15.2 Å². The molecule has 28 heavy (non-hydrogen) atoms. The van der Waals surface area contributed by atoms with Crippen molar-refractivity contribution in [2.75, 3.05) is 19.9 Å². The molecule has 1 unspecified atom stereocenters. The number of rotatable bonds is 6.